The third kappa shape index (κ3) is 5.88. The van der Waals surface area contributed by atoms with Crippen molar-refractivity contribution in [2.75, 3.05) is 11.9 Å². The van der Waals surface area contributed by atoms with Crippen molar-refractivity contribution in [3.05, 3.63) is 64.1 Å². The van der Waals surface area contributed by atoms with Crippen molar-refractivity contribution < 1.29 is 9.59 Å². The zero-order valence-corrected chi connectivity index (χ0v) is 16.8. The van der Waals surface area contributed by atoms with Crippen LogP contribution in [0.15, 0.2) is 53.0 Å². The standard InChI is InChI=1S/C20H24BrN3O2/c1-13(2)12-22-19(25)15-8-10-16(11-9-15)24-20(26)23-14(3)17-6-4-5-7-18(17)21/h4-11,13-14H,12H2,1-3H3,(H,22,25)(H2,23,24,26). The first-order valence-corrected chi connectivity index (χ1v) is 9.36. The fraction of sp³-hybridized carbons (Fsp3) is 0.300. The molecule has 0 spiro atoms. The number of rotatable bonds is 6. The van der Waals surface area contributed by atoms with E-state index in [1.807, 2.05) is 45.0 Å². The number of benzene rings is 2. The Labute approximate surface area is 162 Å². The number of urea groups is 1. The molecule has 3 N–H and O–H groups in total. The van der Waals surface area contributed by atoms with E-state index in [4.69, 9.17) is 0 Å². The first-order valence-electron chi connectivity index (χ1n) is 8.57. The fourth-order valence-electron chi connectivity index (χ4n) is 2.37. The molecule has 0 aliphatic carbocycles. The minimum Gasteiger partial charge on any atom is -0.352 e. The highest BCUT2D eigenvalue weighted by Gasteiger charge is 2.12. The molecule has 2 aromatic carbocycles. The molecule has 0 saturated heterocycles. The molecular weight excluding hydrogens is 394 g/mol. The van der Waals surface area contributed by atoms with E-state index in [2.05, 4.69) is 31.9 Å². The lowest BCUT2D eigenvalue weighted by atomic mass is 10.1. The smallest absolute Gasteiger partial charge is 0.319 e. The Morgan fingerprint density at radius 1 is 1.00 bits per heavy atom. The van der Waals surface area contributed by atoms with Crippen LogP contribution in [0, 0.1) is 5.92 Å². The second-order valence-electron chi connectivity index (χ2n) is 6.52. The van der Waals surface area contributed by atoms with Gasteiger partial charge in [-0.25, -0.2) is 4.79 Å². The summed E-state index contributed by atoms with van der Waals surface area (Å²) in [5.41, 5.74) is 2.19. The minimum atomic E-state index is -0.301. The lowest BCUT2D eigenvalue weighted by Crippen LogP contribution is -2.31. The van der Waals surface area contributed by atoms with Gasteiger partial charge in [-0.2, -0.15) is 0 Å². The number of hydrogen-bond acceptors (Lipinski definition) is 2. The molecule has 6 heteroatoms. The van der Waals surface area contributed by atoms with Gasteiger partial charge in [0.25, 0.3) is 5.91 Å². The fourth-order valence-corrected chi connectivity index (χ4v) is 3.00. The van der Waals surface area contributed by atoms with Crippen LogP contribution >= 0.6 is 15.9 Å². The summed E-state index contributed by atoms with van der Waals surface area (Å²) in [4.78, 5) is 24.2. The minimum absolute atomic E-state index is 0.114. The quantitative estimate of drug-likeness (QED) is 0.636. The zero-order chi connectivity index (χ0) is 19.1. The summed E-state index contributed by atoms with van der Waals surface area (Å²) in [6.07, 6.45) is 0. The third-order valence-electron chi connectivity index (χ3n) is 3.80. The second-order valence-corrected chi connectivity index (χ2v) is 7.38. The number of carbonyl (C=O) groups is 2. The molecule has 0 fully saturated rings. The normalized spacial score (nSPS) is 11.7. The van der Waals surface area contributed by atoms with E-state index < -0.39 is 0 Å². The molecule has 3 amide bonds. The summed E-state index contributed by atoms with van der Waals surface area (Å²) in [6, 6.07) is 14.1. The van der Waals surface area contributed by atoms with Gasteiger partial charge in [0.2, 0.25) is 0 Å². The second kappa shape index (κ2) is 9.38. The average Bonchev–Trinajstić information content (AvgIpc) is 2.60. The van der Waals surface area contributed by atoms with Crippen LogP contribution in [0.4, 0.5) is 10.5 Å². The Balaban J connectivity index is 1.91. The SMILES string of the molecule is CC(C)CNC(=O)c1ccc(NC(=O)NC(C)c2ccccc2Br)cc1. The summed E-state index contributed by atoms with van der Waals surface area (Å²) in [7, 11) is 0. The van der Waals surface area contributed by atoms with E-state index in [0.717, 1.165) is 10.0 Å². The highest BCUT2D eigenvalue weighted by atomic mass is 79.9. The van der Waals surface area contributed by atoms with Crippen molar-refractivity contribution in [1.29, 1.82) is 0 Å². The number of nitrogens with one attached hydrogen (secondary N) is 3. The van der Waals surface area contributed by atoms with Gasteiger partial charge in [-0.15, -0.1) is 0 Å². The van der Waals surface area contributed by atoms with E-state index in [-0.39, 0.29) is 18.0 Å². The van der Waals surface area contributed by atoms with E-state index in [9.17, 15) is 9.59 Å². The van der Waals surface area contributed by atoms with E-state index in [1.165, 1.54) is 0 Å². The summed E-state index contributed by atoms with van der Waals surface area (Å²) in [5.74, 6) is 0.285. The maximum absolute atomic E-state index is 12.2. The highest BCUT2D eigenvalue weighted by molar-refractivity contribution is 9.10. The van der Waals surface area contributed by atoms with Crippen molar-refractivity contribution in [2.45, 2.75) is 26.8 Å². The average molecular weight is 418 g/mol. The molecular formula is C20H24BrN3O2. The summed E-state index contributed by atoms with van der Waals surface area (Å²) < 4.78 is 0.949. The summed E-state index contributed by atoms with van der Waals surface area (Å²) in [6.45, 7) is 6.64. The Bertz CT molecular complexity index is 760. The van der Waals surface area contributed by atoms with Crippen molar-refractivity contribution >= 4 is 33.6 Å². The van der Waals surface area contributed by atoms with Gasteiger partial charge in [0, 0.05) is 22.3 Å². The Morgan fingerprint density at radius 2 is 1.65 bits per heavy atom. The highest BCUT2D eigenvalue weighted by Crippen LogP contribution is 2.22. The van der Waals surface area contributed by atoms with Crippen LogP contribution in [0.1, 0.15) is 42.7 Å². The molecule has 0 aliphatic rings. The molecule has 1 unspecified atom stereocenters. The molecule has 2 rings (SSSR count). The molecule has 0 aromatic heterocycles. The maximum atomic E-state index is 12.2. The lowest BCUT2D eigenvalue weighted by molar-refractivity contribution is 0.0949. The first kappa shape index (κ1) is 20.0. The van der Waals surface area contributed by atoms with Crippen molar-refractivity contribution in [1.82, 2.24) is 10.6 Å². The van der Waals surface area contributed by atoms with Gasteiger partial charge in [-0.05, 0) is 48.7 Å². The van der Waals surface area contributed by atoms with Crippen LogP contribution in [-0.4, -0.2) is 18.5 Å². The molecule has 0 saturated carbocycles. The molecule has 5 nitrogen and oxygen atoms in total. The summed E-state index contributed by atoms with van der Waals surface area (Å²) >= 11 is 3.49. The van der Waals surface area contributed by atoms with Crippen LogP contribution in [0.25, 0.3) is 0 Å². The third-order valence-corrected chi connectivity index (χ3v) is 4.52. The molecule has 0 bridgehead atoms. The van der Waals surface area contributed by atoms with Gasteiger partial charge in [0.05, 0.1) is 6.04 Å². The first-order chi connectivity index (χ1) is 12.4. The van der Waals surface area contributed by atoms with Gasteiger partial charge in [0.1, 0.15) is 0 Å². The topological polar surface area (TPSA) is 70.2 Å². The number of amides is 3. The molecule has 0 radical (unpaired) electrons. The van der Waals surface area contributed by atoms with Gasteiger partial charge in [0.15, 0.2) is 0 Å². The van der Waals surface area contributed by atoms with Crippen molar-refractivity contribution in [3.63, 3.8) is 0 Å². The predicted molar refractivity (Wildman–Crippen MR) is 108 cm³/mol. The van der Waals surface area contributed by atoms with E-state index >= 15 is 0 Å². The van der Waals surface area contributed by atoms with E-state index in [1.54, 1.807) is 24.3 Å². The largest absolute Gasteiger partial charge is 0.352 e. The molecule has 0 heterocycles. The molecule has 1 atom stereocenters. The van der Waals surface area contributed by atoms with Crippen LogP contribution in [0.3, 0.4) is 0 Å². The molecule has 26 heavy (non-hydrogen) atoms. The molecule has 0 aliphatic heterocycles. The van der Waals surface area contributed by atoms with Crippen LogP contribution in [0.2, 0.25) is 0 Å². The van der Waals surface area contributed by atoms with Gasteiger partial charge in [-0.1, -0.05) is 48.0 Å². The monoisotopic (exact) mass is 417 g/mol. The Morgan fingerprint density at radius 3 is 2.27 bits per heavy atom. The number of halogens is 1. The van der Waals surface area contributed by atoms with E-state index in [0.29, 0.717) is 23.7 Å². The Hall–Kier alpha value is -2.34. The summed E-state index contributed by atoms with van der Waals surface area (Å²) in [5, 5.41) is 8.54. The number of carbonyl (C=O) groups excluding carboxylic acids is 2. The van der Waals surface area contributed by atoms with Crippen LogP contribution in [-0.2, 0) is 0 Å². The van der Waals surface area contributed by atoms with Crippen molar-refractivity contribution in [2.24, 2.45) is 5.92 Å². The van der Waals surface area contributed by atoms with Gasteiger partial charge in [-0.3, -0.25) is 4.79 Å². The lowest BCUT2D eigenvalue weighted by Gasteiger charge is -2.16. The molecule has 2 aromatic rings. The van der Waals surface area contributed by atoms with Crippen LogP contribution < -0.4 is 16.0 Å². The maximum Gasteiger partial charge on any atom is 0.319 e. The number of hydrogen-bond donors (Lipinski definition) is 3. The van der Waals surface area contributed by atoms with Gasteiger partial charge >= 0.3 is 6.03 Å². The Kier molecular flexibility index (Phi) is 7.21. The van der Waals surface area contributed by atoms with Gasteiger partial charge < -0.3 is 16.0 Å². The molecule has 138 valence electrons. The number of anilines is 1. The van der Waals surface area contributed by atoms with Crippen molar-refractivity contribution in [3.8, 4) is 0 Å². The van der Waals surface area contributed by atoms with Crippen LogP contribution in [0.5, 0.6) is 0 Å². The zero-order valence-electron chi connectivity index (χ0n) is 15.2. The predicted octanol–water partition coefficient (Wildman–Crippen LogP) is 4.72.